The number of hydrogen-bond acceptors (Lipinski definition) is 5. The molecule has 6 nitrogen and oxygen atoms in total. The Labute approximate surface area is 143 Å². The van der Waals surface area contributed by atoms with Crippen LogP contribution in [0.2, 0.25) is 0 Å². The minimum atomic E-state index is -0.277. The van der Waals surface area contributed by atoms with Crippen LogP contribution in [0.25, 0.3) is 0 Å². The summed E-state index contributed by atoms with van der Waals surface area (Å²) < 4.78 is 11.2. The molecule has 0 aliphatic carbocycles. The SMILES string of the molecule is COc1ccc(CNC(=O)CC#N)cc1OCCN1CCCCC1. The Hall–Kier alpha value is -2.26. The van der Waals surface area contributed by atoms with Gasteiger partial charge in [-0.2, -0.15) is 5.26 Å². The van der Waals surface area contributed by atoms with E-state index in [9.17, 15) is 4.79 Å². The van der Waals surface area contributed by atoms with E-state index < -0.39 is 0 Å². The molecule has 0 radical (unpaired) electrons. The van der Waals surface area contributed by atoms with Crippen LogP contribution in [0.3, 0.4) is 0 Å². The van der Waals surface area contributed by atoms with Crippen LogP contribution in [-0.2, 0) is 11.3 Å². The molecule has 0 unspecified atom stereocenters. The molecule has 1 saturated heterocycles. The molecule has 1 aliphatic heterocycles. The van der Waals surface area contributed by atoms with Crippen LogP contribution in [0, 0.1) is 11.3 Å². The van der Waals surface area contributed by atoms with Gasteiger partial charge < -0.3 is 14.8 Å². The Bertz CT molecular complexity index is 577. The first-order valence-corrected chi connectivity index (χ1v) is 8.38. The highest BCUT2D eigenvalue weighted by atomic mass is 16.5. The third kappa shape index (κ3) is 5.74. The van der Waals surface area contributed by atoms with Crippen LogP contribution in [0.15, 0.2) is 18.2 Å². The molecule has 2 rings (SSSR count). The summed E-state index contributed by atoms with van der Waals surface area (Å²) in [6, 6.07) is 7.42. The van der Waals surface area contributed by atoms with Gasteiger partial charge in [-0.3, -0.25) is 9.69 Å². The summed E-state index contributed by atoms with van der Waals surface area (Å²) in [7, 11) is 1.61. The number of piperidine rings is 1. The molecular weight excluding hydrogens is 306 g/mol. The van der Waals surface area contributed by atoms with E-state index in [-0.39, 0.29) is 12.3 Å². The Morgan fingerprint density at radius 3 is 2.79 bits per heavy atom. The van der Waals surface area contributed by atoms with Crippen molar-refractivity contribution in [1.29, 1.82) is 5.26 Å². The number of benzene rings is 1. The van der Waals surface area contributed by atoms with Crippen molar-refractivity contribution >= 4 is 5.91 Å². The molecule has 1 aromatic rings. The summed E-state index contributed by atoms with van der Waals surface area (Å²) in [4.78, 5) is 13.8. The summed E-state index contributed by atoms with van der Waals surface area (Å²) in [5.41, 5.74) is 0.912. The van der Waals surface area contributed by atoms with Crippen molar-refractivity contribution in [3.8, 4) is 17.6 Å². The Balaban J connectivity index is 1.87. The third-order valence-corrected chi connectivity index (χ3v) is 4.07. The minimum Gasteiger partial charge on any atom is -0.493 e. The normalized spacial score (nSPS) is 14.7. The molecule has 0 atom stereocenters. The summed E-state index contributed by atoms with van der Waals surface area (Å²) in [6.07, 6.45) is 3.72. The van der Waals surface area contributed by atoms with Crippen molar-refractivity contribution < 1.29 is 14.3 Å². The van der Waals surface area contributed by atoms with Gasteiger partial charge in [0.1, 0.15) is 13.0 Å². The standard InChI is InChI=1S/C18H25N3O3/c1-23-16-6-5-15(14-20-18(22)7-8-19)13-17(16)24-12-11-21-9-3-2-4-10-21/h5-6,13H,2-4,7,9-12,14H2,1H3,(H,20,22). The van der Waals surface area contributed by atoms with Gasteiger partial charge >= 0.3 is 0 Å². The maximum absolute atomic E-state index is 11.4. The van der Waals surface area contributed by atoms with Crippen molar-refractivity contribution in [2.75, 3.05) is 33.4 Å². The van der Waals surface area contributed by atoms with Gasteiger partial charge in [-0.15, -0.1) is 0 Å². The predicted molar refractivity (Wildman–Crippen MR) is 90.9 cm³/mol. The van der Waals surface area contributed by atoms with Crippen LogP contribution in [0.4, 0.5) is 0 Å². The molecule has 0 spiro atoms. The minimum absolute atomic E-state index is 0.130. The van der Waals surface area contributed by atoms with Crippen molar-refractivity contribution in [2.45, 2.75) is 32.2 Å². The van der Waals surface area contributed by atoms with Gasteiger partial charge in [0, 0.05) is 13.1 Å². The fourth-order valence-corrected chi connectivity index (χ4v) is 2.75. The number of amides is 1. The number of likely N-dealkylation sites (tertiary alicyclic amines) is 1. The lowest BCUT2D eigenvalue weighted by atomic mass is 10.1. The van der Waals surface area contributed by atoms with Crippen LogP contribution < -0.4 is 14.8 Å². The van der Waals surface area contributed by atoms with Gasteiger partial charge in [0.05, 0.1) is 13.2 Å². The number of nitrogens with zero attached hydrogens (tertiary/aromatic N) is 2. The molecule has 1 amide bonds. The van der Waals surface area contributed by atoms with Gasteiger partial charge in [-0.1, -0.05) is 12.5 Å². The third-order valence-electron chi connectivity index (χ3n) is 4.07. The maximum Gasteiger partial charge on any atom is 0.234 e. The van der Waals surface area contributed by atoms with Gasteiger partial charge in [-0.05, 0) is 43.6 Å². The summed E-state index contributed by atoms with van der Waals surface area (Å²) in [5.74, 6) is 1.09. The molecule has 6 heteroatoms. The molecule has 1 aliphatic rings. The van der Waals surface area contributed by atoms with Gasteiger partial charge in [0.25, 0.3) is 0 Å². The largest absolute Gasteiger partial charge is 0.493 e. The number of hydrogen-bond donors (Lipinski definition) is 1. The van der Waals surface area contributed by atoms with Crippen LogP contribution in [-0.4, -0.2) is 44.2 Å². The van der Waals surface area contributed by atoms with E-state index in [0.29, 0.717) is 24.7 Å². The Kier molecular flexibility index (Phi) is 7.37. The number of carbonyl (C=O) groups excluding carboxylic acids is 1. The zero-order valence-corrected chi connectivity index (χ0v) is 14.2. The van der Waals surface area contributed by atoms with E-state index in [1.807, 2.05) is 24.3 Å². The molecule has 0 bridgehead atoms. The maximum atomic E-state index is 11.4. The number of carbonyl (C=O) groups is 1. The molecule has 1 heterocycles. The van der Waals surface area contributed by atoms with Crippen molar-refractivity contribution in [2.24, 2.45) is 0 Å². The fraction of sp³-hybridized carbons (Fsp3) is 0.556. The van der Waals surface area contributed by atoms with Crippen LogP contribution in [0.5, 0.6) is 11.5 Å². The van der Waals surface area contributed by atoms with Crippen LogP contribution >= 0.6 is 0 Å². The Morgan fingerprint density at radius 2 is 2.08 bits per heavy atom. The number of rotatable bonds is 8. The van der Waals surface area contributed by atoms with Gasteiger partial charge in [0.15, 0.2) is 11.5 Å². The second kappa shape index (κ2) is 9.78. The van der Waals surface area contributed by atoms with Crippen molar-refractivity contribution in [3.05, 3.63) is 23.8 Å². The average molecular weight is 331 g/mol. The van der Waals surface area contributed by atoms with Crippen molar-refractivity contribution in [1.82, 2.24) is 10.2 Å². The summed E-state index contributed by atoms with van der Waals surface area (Å²) >= 11 is 0. The van der Waals surface area contributed by atoms with E-state index in [0.717, 1.165) is 25.2 Å². The first-order chi connectivity index (χ1) is 11.7. The molecule has 1 aromatic carbocycles. The lowest BCUT2D eigenvalue weighted by Crippen LogP contribution is -2.33. The van der Waals surface area contributed by atoms with E-state index in [2.05, 4.69) is 10.2 Å². The number of nitrogens with one attached hydrogen (secondary N) is 1. The molecule has 0 aromatic heterocycles. The topological polar surface area (TPSA) is 74.6 Å². The molecular formula is C18H25N3O3. The predicted octanol–water partition coefficient (Wildman–Crippen LogP) is 2.09. The number of nitriles is 1. The smallest absolute Gasteiger partial charge is 0.234 e. The van der Waals surface area contributed by atoms with E-state index >= 15 is 0 Å². The number of ether oxygens (including phenoxy) is 2. The highest BCUT2D eigenvalue weighted by Gasteiger charge is 2.11. The zero-order valence-electron chi connectivity index (χ0n) is 14.2. The second-order valence-electron chi connectivity index (χ2n) is 5.85. The van der Waals surface area contributed by atoms with Crippen LogP contribution in [0.1, 0.15) is 31.2 Å². The summed E-state index contributed by atoms with van der Waals surface area (Å²) in [5, 5.41) is 11.2. The Morgan fingerprint density at radius 1 is 1.29 bits per heavy atom. The monoisotopic (exact) mass is 331 g/mol. The van der Waals surface area contributed by atoms with E-state index in [1.54, 1.807) is 7.11 Å². The molecule has 24 heavy (non-hydrogen) atoms. The average Bonchev–Trinajstić information content (AvgIpc) is 2.61. The number of methoxy groups -OCH3 is 1. The molecule has 130 valence electrons. The summed E-state index contributed by atoms with van der Waals surface area (Å²) in [6.45, 7) is 4.18. The van der Waals surface area contributed by atoms with Gasteiger partial charge in [0.2, 0.25) is 5.91 Å². The second-order valence-corrected chi connectivity index (χ2v) is 5.85. The lowest BCUT2D eigenvalue weighted by Gasteiger charge is -2.26. The first kappa shape index (κ1) is 18.1. The first-order valence-electron chi connectivity index (χ1n) is 8.38. The highest BCUT2D eigenvalue weighted by Crippen LogP contribution is 2.28. The molecule has 1 fully saturated rings. The fourth-order valence-electron chi connectivity index (χ4n) is 2.75. The van der Waals surface area contributed by atoms with E-state index in [4.69, 9.17) is 14.7 Å². The lowest BCUT2D eigenvalue weighted by molar-refractivity contribution is -0.120. The molecule has 0 saturated carbocycles. The van der Waals surface area contributed by atoms with E-state index in [1.165, 1.54) is 19.3 Å². The highest BCUT2D eigenvalue weighted by molar-refractivity contribution is 5.77. The quantitative estimate of drug-likeness (QED) is 0.789. The zero-order chi connectivity index (χ0) is 17.2. The van der Waals surface area contributed by atoms with Crippen molar-refractivity contribution in [3.63, 3.8) is 0 Å². The van der Waals surface area contributed by atoms with Gasteiger partial charge in [-0.25, -0.2) is 0 Å². The molecule has 1 N–H and O–H groups in total.